The third-order valence-electron chi connectivity index (χ3n) is 2.13. The third-order valence-corrected chi connectivity index (χ3v) is 3.02. The molecule has 0 heterocycles. The molecule has 0 fully saturated rings. The molecule has 2 nitrogen and oxygen atoms in total. The first-order chi connectivity index (χ1) is 7.36. The van der Waals surface area contributed by atoms with Gasteiger partial charge in [-0.2, -0.15) is 0 Å². The molecule has 0 amide bonds. The summed E-state index contributed by atoms with van der Waals surface area (Å²) in [4.78, 5) is 1.34. The number of hydrogen-bond donors (Lipinski definition) is 2. The van der Waals surface area contributed by atoms with Crippen molar-refractivity contribution in [3.8, 4) is 0 Å². The first-order valence-electron chi connectivity index (χ1n) is 5.53. The monoisotopic (exact) mass is 224 g/mol. The minimum Gasteiger partial charge on any atom is -0.385 e. The summed E-state index contributed by atoms with van der Waals surface area (Å²) in [5, 5.41) is 3.38. The molecule has 0 radical (unpaired) electrons. The van der Waals surface area contributed by atoms with E-state index in [1.807, 2.05) is 11.8 Å². The first-order valence-corrected chi connectivity index (χ1v) is 6.52. The van der Waals surface area contributed by atoms with Crippen LogP contribution >= 0.6 is 11.8 Å². The van der Waals surface area contributed by atoms with Gasteiger partial charge in [0, 0.05) is 17.1 Å². The lowest BCUT2D eigenvalue weighted by Gasteiger charge is -2.06. The second-order valence-corrected chi connectivity index (χ2v) is 4.72. The lowest BCUT2D eigenvalue weighted by molar-refractivity contribution is 0.774. The summed E-state index contributed by atoms with van der Waals surface area (Å²) in [5.74, 6) is 1.13. The summed E-state index contributed by atoms with van der Waals surface area (Å²) in [6.07, 6.45) is 2.23. The van der Waals surface area contributed by atoms with Crippen molar-refractivity contribution in [2.75, 3.05) is 24.2 Å². The number of benzene rings is 1. The molecule has 0 aliphatic rings. The topological polar surface area (TPSA) is 38.0 Å². The number of rotatable bonds is 7. The maximum absolute atomic E-state index is 5.43. The second-order valence-electron chi connectivity index (χ2n) is 3.38. The van der Waals surface area contributed by atoms with Crippen molar-refractivity contribution in [1.82, 2.24) is 0 Å². The van der Waals surface area contributed by atoms with Crippen molar-refractivity contribution in [1.29, 1.82) is 0 Å². The molecule has 0 aliphatic carbocycles. The molecule has 0 aliphatic heterocycles. The number of thioether (sulfide) groups is 1. The Morgan fingerprint density at radius 1 is 1.20 bits per heavy atom. The van der Waals surface area contributed by atoms with Crippen molar-refractivity contribution < 1.29 is 0 Å². The van der Waals surface area contributed by atoms with Gasteiger partial charge in [-0.25, -0.2) is 0 Å². The van der Waals surface area contributed by atoms with Gasteiger partial charge in [0.05, 0.1) is 0 Å². The molecule has 1 rings (SSSR count). The average Bonchev–Trinajstić information content (AvgIpc) is 2.27. The fraction of sp³-hybridized carbons (Fsp3) is 0.500. The summed E-state index contributed by atoms with van der Waals surface area (Å²) >= 11 is 1.87. The zero-order valence-corrected chi connectivity index (χ0v) is 10.1. The van der Waals surface area contributed by atoms with E-state index in [0.29, 0.717) is 0 Å². The van der Waals surface area contributed by atoms with Crippen molar-refractivity contribution in [3.05, 3.63) is 24.3 Å². The van der Waals surface area contributed by atoms with Gasteiger partial charge in [0.25, 0.3) is 0 Å². The molecule has 3 heteroatoms. The molecule has 0 saturated carbocycles. The largest absolute Gasteiger partial charge is 0.385 e. The SMILES string of the molecule is CCSc1ccc(NCCCCN)cc1. The fourth-order valence-electron chi connectivity index (χ4n) is 1.34. The van der Waals surface area contributed by atoms with E-state index < -0.39 is 0 Å². The number of unbranched alkanes of at least 4 members (excludes halogenated alkanes) is 1. The first kappa shape index (κ1) is 12.4. The summed E-state index contributed by atoms with van der Waals surface area (Å²) < 4.78 is 0. The molecule has 15 heavy (non-hydrogen) atoms. The number of hydrogen-bond acceptors (Lipinski definition) is 3. The van der Waals surface area contributed by atoms with Crippen LogP contribution in [-0.4, -0.2) is 18.8 Å². The number of anilines is 1. The molecule has 1 aromatic rings. The lowest BCUT2D eigenvalue weighted by Crippen LogP contribution is -2.05. The molecule has 0 atom stereocenters. The van der Waals surface area contributed by atoms with Gasteiger partial charge in [-0.3, -0.25) is 0 Å². The van der Waals surface area contributed by atoms with Gasteiger partial charge < -0.3 is 11.1 Å². The van der Waals surface area contributed by atoms with Crippen LogP contribution in [0.2, 0.25) is 0 Å². The highest BCUT2D eigenvalue weighted by molar-refractivity contribution is 7.99. The highest BCUT2D eigenvalue weighted by atomic mass is 32.2. The highest BCUT2D eigenvalue weighted by Crippen LogP contribution is 2.19. The Hall–Kier alpha value is -0.670. The van der Waals surface area contributed by atoms with Gasteiger partial charge in [-0.1, -0.05) is 6.92 Å². The van der Waals surface area contributed by atoms with E-state index in [4.69, 9.17) is 5.73 Å². The summed E-state index contributed by atoms with van der Waals surface area (Å²) in [6.45, 7) is 3.97. The molecule has 0 spiro atoms. The standard InChI is InChI=1S/C12H20N2S/c1-2-15-12-7-5-11(6-8-12)14-10-4-3-9-13/h5-8,14H,2-4,9-10,13H2,1H3. The van der Waals surface area contributed by atoms with Crippen molar-refractivity contribution in [2.45, 2.75) is 24.7 Å². The van der Waals surface area contributed by atoms with E-state index in [1.165, 1.54) is 10.6 Å². The summed E-state index contributed by atoms with van der Waals surface area (Å²) in [6, 6.07) is 8.61. The van der Waals surface area contributed by atoms with Crippen molar-refractivity contribution in [3.63, 3.8) is 0 Å². The van der Waals surface area contributed by atoms with Crippen molar-refractivity contribution in [2.24, 2.45) is 5.73 Å². The van der Waals surface area contributed by atoms with Crippen LogP contribution in [0.4, 0.5) is 5.69 Å². The van der Waals surface area contributed by atoms with Crippen LogP contribution in [0.5, 0.6) is 0 Å². The van der Waals surface area contributed by atoms with Crippen LogP contribution < -0.4 is 11.1 Å². The van der Waals surface area contributed by atoms with Gasteiger partial charge in [0.2, 0.25) is 0 Å². The van der Waals surface area contributed by atoms with E-state index in [1.54, 1.807) is 0 Å². The maximum Gasteiger partial charge on any atom is 0.0340 e. The van der Waals surface area contributed by atoms with Crippen LogP contribution in [0.1, 0.15) is 19.8 Å². The average molecular weight is 224 g/mol. The Balaban J connectivity index is 2.29. The predicted molar refractivity (Wildman–Crippen MR) is 69.6 cm³/mol. The zero-order valence-electron chi connectivity index (χ0n) is 9.33. The Morgan fingerprint density at radius 3 is 2.53 bits per heavy atom. The van der Waals surface area contributed by atoms with E-state index in [2.05, 4.69) is 36.5 Å². The molecule has 1 aromatic carbocycles. The quantitative estimate of drug-likeness (QED) is 0.552. The van der Waals surface area contributed by atoms with Gasteiger partial charge >= 0.3 is 0 Å². The molecule has 0 bridgehead atoms. The summed E-state index contributed by atoms with van der Waals surface area (Å²) in [7, 11) is 0. The second kappa shape index (κ2) is 7.60. The molecule has 3 N–H and O–H groups in total. The fourth-order valence-corrected chi connectivity index (χ4v) is 2.00. The molecule has 0 unspecified atom stereocenters. The van der Waals surface area contributed by atoms with Crippen LogP contribution in [-0.2, 0) is 0 Å². The Bertz CT molecular complexity index is 259. The van der Waals surface area contributed by atoms with Gasteiger partial charge in [-0.15, -0.1) is 11.8 Å². The zero-order chi connectivity index (χ0) is 10.9. The Kier molecular flexibility index (Phi) is 6.28. The maximum atomic E-state index is 5.43. The van der Waals surface area contributed by atoms with Crippen molar-refractivity contribution >= 4 is 17.4 Å². The van der Waals surface area contributed by atoms with Gasteiger partial charge in [0.1, 0.15) is 0 Å². The van der Waals surface area contributed by atoms with Crippen LogP contribution in [0.15, 0.2) is 29.2 Å². The van der Waals surface area contributed by atoms with Gasteiger partial charge in [0.15, 0.2) is 0 Å². The molecule has 0 aromatic heterocycles. The van der Waals surface area contributed by atoms with E-state index in [9.17, 15) is 0 Å². The molecule has 84 valence electrons. The Labute approximate surface area is 96.6 Å². The summed E-state index contributed by atoms with van der Waals surface area (Å²) in [5.41, 5.74) is 6.63. The smallest absolute Gasteiger partial charge is 0.0340 e. The predicted octanol–water partition coefficient (Wildman–Crippen LogP) is 2.95. The lowest BCUT2D eigenvalue weighted by atomic mass is 10.3. The Morgan fingerprint density at radius 2 is 1.93 bits per heavy atom. The molecule has 0 saturated heterocycles. The normalized spacial score (nSPS) is 10.3. The van der Waals surface area contributed by atoms with Crippen LogP contribution in [0, 0.1) is 0 Å². The number of nitrogens with two attached hydrogens (primary N) is 1. The number of nitrogens with one attached hydrogen (secondary N) is 1. The van der Waals surface area contributed by atoms with E-state index in [0.717, 1.165) is 31.7 Å². The van der Waals surface area contributed by atoms with Crippen LogP contribution in [0.3, 0.4) is 0 Å². The molecular weight excluding hydrogens is 204 g/mol. The highest BCUT2D eigenvalue weighted by Gasteiger charge is 1.93. The van der Waals surface area contributed by atoms with Gasteiger partial charge in [-0.05, 0) is 49.4 Å². The molecular formula is C12H20N2S. The van der Waals surface area contributed by atoms with E-state index >= 15 is 0 Å². The van der Waals surface area contributed by atoms with Crippen LogP contribution in [0.25, 0.3) is 0 Å². The van der Waals surface area contributed by atoms with E-state index in [-0.39, 0.29) is 0 Å². The minimum absolute atomic E-state index is 0.785. The minimum atomic E-state index is 0.785. The third kappa shape index (κ3) is 5.09.